The molecule has 0 saturated carbocycles. The molecule has 0 aliphatic carbocycles. The zero-order valence-electron chi connectivity index (χ0n) is 3.87. The van der Waals surface area contributed by atoms with E-state index in [0.717, 1.165) is 0 Å². The van der Waals surface area contributed by atoms with Crippen LogP contribution < -0.4 is 0 Å². The maximum Gasteiger partial charge on any atom is 0.131 e. The maximum atomic E-state index is 5.32. The first-order valence-electron chi connectivity index (χ1n) is 1.80. The van der Waals surface area contributed by atoms with Gasteiger partial charge in [0, 0.05) is 0 Å². The van der Waals surface area contributed by atoms with Gasteiger partial charge in [-0.25, -0.2) is 0 Å². The molecule has 0 aromatic rings. The summed E-state index contributed by atoms with van der Waals surface area (Å²) in [4.78, 5) is -1.34. The van der Waals surface area contributed by atoms with Crippen LogP contribution in [0.15, 0.2) is 12.2 Å². The van der Waals surface area contributed by atoms with Crippen LogP contribution in [0.1, 0.15) is 0 Å². The topological polar surface area (TPSA) is 0 Å². The van der Waals surface area contributed by atoms with Gasteiger partial charge in [0.15, 0.2) is 0 Å². The Hall–Kier alpha value is 0.900. The van der Waals surface area contributed by atoms with E-state index in [-0.39, 0.29) is 0 Å². The number of halogens is 4. The third kappa shape index (κ3) is 3.03. The average Bonchev–Trinajstić information content (AvgIpc) is 1.64. The Balaban J connectivity index is 3.65. The molecule has 0 aliphatic rings. The lowest BCUT2D eigenvalue weighted by atomic mass is 10.4. The third-order valence-corrected chi connectivity index (χ3v) is 1.68. The van der Waals surface area contributed by atoms with E-state index < -0.39 is 9.67 Å². The first kappa shape index (κ1) is 8.90. The summed E-state index contributed by atoms with van der Waals surface area (Å²) in [5.41, 5.74) is 0.414. The fourth-order valence-electron chi connectivity index (χ4n) is 0.0952. The number of allylic oxidation sites excluding steroid dienone is 1. The van der Waals surface area contributed by atoms with Gasteiger partial charge in [-0.3, -0.25) is 0 Å². The summed E-state index contributed by atoms with van der Waals surface area (Å²) >= 11 is 21.3. The minimum Gasteiger partial charge on any atom is -0.100 e. The summed E-state index contributed by atoms with van der Waals surface area (Å²) in [5.74, 6) is 0. The van der Waals surface area contributed by atoms with Crippen molar-refractivity contribution >= 4 is 46.4 Å². The SMILES string of the molecule is C=C(C(Cl)Cl)C(Cl)Cl. The van der Waals surface area contributed by atoms with Gasteiger partial charge >= 0.3 is 0 Å². The standard InChI is InChI=1S/C4H4Cl4/c1-2(3(5)6)4(7)8/h3-4H,1H2. The molecule has 8 heavy (non-hydrogen) atoms. The quantitative estimate of drug-likeness (QED) is 0.467. The van der Waals surface area contributed by atoms with Crippen molar-refractivity contribution in [3.05, 3.63) is 12.2 Å². The Morgan fingerprint density at radius 1 is 1.00 bits per heavy atom. The molecule has 0 atom stereocenters. The van der Waals surface area contributed by atoms with Crippen molar-refractivity contribution in [2.45, 2.75) is 9.67 Å². The van der Waals surface area contributed by atoms with Crippen molar-refractivity contribution in [2.24, 2.45) is 0 Å². The highest BCUT2D eigenvalue weighted by molar-refractivity contribution is 6.51. The zero-order valence-corrected chi connectivity index (χ0v) is 6.90. The molecule has 4 heteroatoms. The van der Waals surface area contributed by atoms with E-state index in [0.29, 0.717) is 5.57 Å². The smallest absolute Gasteiger partial charge is 0.100 e. The summed E-state index contributed by atoms with van der Waals surface area (Å²) in [5, 5.41) is 0. The molecular weight excluding hydrogens is 190 g/mol. The molecule has 0 N–H and O–H groups in total. The maximum absolute atomic E-state index is 5.32. The molecule has 0 bridgehead atoms. The monoisotopic (exact) mass is 192 g/mol. The van der Waals surface area contributed by atoms with Crippen LogP contribution in [0.5, 0.6) is 0 Å². The first-order chi connectivity index (χ1) is 3.55. The molecular formula is C4H4Cl4. The Morgan fingerprint density at radius 3 is 1.25 bits per heavy atom. The molecule has 0 aromatic heterocycles. The van der Waals surface area contributed by atoms with E-state index in [1.165, 1.54) is 0 Å². The normalized spacial score (nSPS) is 10.8. The van der Waals surface area contributed by atoms with Crippen LogP contribution >= 0.6 is 46.4 Å². The van der Waals surface area contributed by atoms with E-state index in [1.54, 1.807) is 0 Å². The van der Waals surface area contributed by atoms with Crippen molar-refractivity contribution in [1.82, 2.24) is 0 Å². The van der Waals surface area contributed by atoms with Crippen LogP contribution in [0.3, 0.4) is 0 Å². The molecule has 0 nitrogen and oxygen atoms in total. The molecule has 0 rings (SSSR count). The molecule has 0 amide bonds. The Bertz CT molecular complexity index is 76.0. The largest absolute Gasteiger partial charge is 0.131 e. The van der Waals surface area contributed by atoms with E-state index in [9.17, 15) is 0 Å². The van der Waals surface area contributed by atoms with Crippen molar-refractivity contribution in [1.29, 1.82) is 0 Å². The number of rotatable bonds is 2. The van der Waals surface area contributed by atoms with Crippen LogP contribution in [0.25, 0.3) is 0 Å². The lowest BCUT2D eigenvalue weighted by Crippen LogP contribution is -1.99. The fourth-order valence-corrected chi connectivity index (χ4v) is 0.857. The fraction of sp³-hybridized carbons (Fsp3) is 0.500. The minimum absolute atomic E-state index is 0.414. The van der Waals surface area contributed by atoms with Crippen LogP contribution in [0.2, 0.25) is 0 Å². The second kappa shape index (κ2) is 3.84. The molecule has 0 radical (unpaired) electrons. The van der Waals surface area contributed by atoms with Gasteiger partial charge in [-0.05, 0) is 5.57 Å². The second-order valence-electron chi connectivity index (χ2n) is 1.18. The summed E-state index contributed by atoms with van der Waals surface area (Å²) in [7, 11) is 0. The van der Waals surface area contributed by atoms with Gasteiger partial charge in [0.25, 0.3) is 0 Å². The highest BCUT2D eigenvalue weighted by atomic mass is 35.5. The van der Waals surface area contributed by atoms with Crippen LogP contribution in [-0.2, 0) is 0 Å². The Labute approximate surface area is 68.4 Å². The highest BCUT2D eigenvalue weighted by Gasteiger charge is 2.10. The third-order valence-electron chi connectivity index (χ3n) is 0.561. The predicted octanol–water partition coefficient (Wildman–Crippen LogP) is 3.15. The first-order valence-corrected chi connectivity index (χ1v) is 3.55. The summed E-state index contributed by atoms with van der Waals surface area (Å²) in [6, 6.07) is 0. The number of hydrogen-bond donors (Lipinski definition) is 0. The molecule has 0 saturated heterocycles. The van der Waals surface area contributed by atoms with Gasteiger partial charge in [-0.1, -0.05) is 6.58 Å². The highest BCUT2D eigenvalue weighted by Crippen LogP contribution is 2.22. The van der Waals surface area contributed by atoms with E-state index in [1.807, 2.05) is 0 Å². The van der Waals surface area contributed by atoms with Crippen molar-refractivity contribution in [3.8, 4) is 0 Å². The Morgan fingerprint density at radius 2 is 1.25 bits per heavy atom. The van der Waals surface area contributed by atoms with Gasteiger partial charge in [0.2, 0.25) is 0 Å². The van der Waals surface area contributed by atoms with Gasteiger partial charge < -0.3 is 0 Å². The van der Waals surface area contributed by atoms with Crippen molar-refractivity contribution in [3.63, 3.8) is 0 Å². The van der Waals surface area contributed by atoms with E-state index >= 15 is 0 Å². The van der Waals surface area contributed by atoms with E-state index in [2.05, 4.69) is 6.58 Å². The molecule has 0 aromatic carbocycles. The minimum atomic E-state index is -0.671. The van der Waals surface area contributed by atoms with Gasteiger partial charge in [-0.15, -0.1) is 46.4 Å². The van der Waals surface area contributed by atoms with Crippen molar-refractivity contribution < 1.29 is 0 Å². The lowest BCUT2D eigenvalue weighted by molar-refractivity contribution is 1.29. The van der Waals surface area contributed by atoms with Crippen molar-refractivity contribution in [2.75, 3.05) is 0 Å². The van der Waals surface area contributed by atoms with E-state index in [4.69, 9.17) is 46.4 Å². The second-order valence-corrected chi connectivity index (χ2v) is 3.37. The Kier molecular flexibility index (Phi) is 4.27. The van der Waals surface area contributed by atoms with Crippen LogP contribution in [0, 0.1) is 0 Å². The summed E-state index contributed by atoms with van der Waals surface area (Å²) < 4.78 is 0. The molecule has 0 heterocycles. The number of alkyl halides is 4. The molecule has 0 fully saturated rings. The summed E-state index contributed by atoms with van der Waals surface area (Å²) in [6.07, 6.45) is 0. The zero-order chi connectivity index (χ0) is 6.73. The number of hydrogen-bond acceptors (Lipinski definition) is 0. The average molecular weight is 194 g/mol. The lowest BCUT2D eigenvalue weighted by Gasteiger charge is -2.03. The molecule has 0 spiro atoms. The van der Waals surface area contributed by atoms with Crippen LogP contribution in [0.4, 0.5) is 0 Å². The van der Waals surface area contributed by atoms with Gasteiger partial charge in [0.1, 0.15) is 9.67 Å². The van der Waals surface area contributed by atoms with Gasteiger partial charge in [-0.2, -0.15) is 0 Å². The van der Waals surface area contributed by atoms with Crippen LogP contribution in [-0.4, -0.2) is 9.67 Å². The predicted molar refractivity (Wildman–Crippen MR) is 40.1 cm³/mol. The molecule has 0 unspecified atom stereocenters. The molecule has 48 valence electrons. The van der Waals surface area contributed by atoms with Gasteiger partial charge in [0.05, 0.1) is 0 Å². The molecule has 0 aliphatic heterocycles. The summed E-state index contributed by atoms with van der Waals surface area (Å²) in [6.45, 7) is 3.43.